The quantitative estimate of drug-likeness (QED) is 0.415. The molecule has 1 aliphatic rings. The lowest BCUT2D eigenvalue weighted by atomic mass is 9.79. The maximum atomic E-state index is 13.1. The van der Waals surface area contributed by atoms with Crippen molar-refractivity contribution in [2.75, 3.05) is 0 Å². The number of fused-ring (bicyclic) bond motifs is 1. The molecule has 0 radical (unpaired) electrons. The Hall–Kier alpha value is -2.59. The van der Waals surface area contributed by atoms with Crippen molar-refractivity contribution < 1.29 is 31.1 Å². The number of carbonyl (C=O) groups excluding carboxylic acids is 2. The summed E-state index contributed by atoms with van der Waals surface area (Å²) in [6, 6.07) is 16.5. The lowest BCUT2D eigenvalue weighted by molar-refractivity contribution is -0.688. The summed E-state index contributed by atoms with van der Waals surface area (Å²) in [6.45, 7) is 6.47. The second-order valence-corrected chi connectivity index (χ2v) is 8.57. The van der Waals surface area contributed by atoms with E-state index >= 15 is 0 Å². The molecule has 4 rings (SSSR count). The molecule has 1 aliphatic carbocycles. The predicted octanol–water partition coefficient (Wildman–Crippen LogP) is 1.83. The Bertz CT molecular complexity index is 1140. The third-order valence-corrected chi connectivity index (χ3v) is 6.06. The van der Waals surface area contributed by atoms with E-state index in [4.69, 9.17) is 0 Å². The summed E-state index contributed by atoms with van der Waals surface area (Å²) in [4.78, 5) is 25.4. The number of Topliss-reactive ketones (excluding diaryl/α,β-unsaturated/α-hetero) is 2. The molecule has 0 aliphatic heterocycles. The van der Waals surface area contributed by atoms with Crippen LogP contribution >= 0.6 is 0 Å². The number of hydrogen-bond acceptors (Lipinski definition) is 2. The standard InChI is InChI=1S/C27H28NO2.BrH/c1-18-5-4-6-21(13-18)16-28-12-11-23(26(17-28)20(3)29)15-24-9-8-22-14-19(2)7-10-25(22)27(24)30;/h4-7,10-14,17,24H,8-9,15-16H2,1-3H3;1H/q+1;/p-1. The molecule has 0 saturated heterocycles. The Kier molecular flexibility index (Phi) is 7.22. The molecule has 160 valence electrons. The maximum absolute atomic E-state index is 13.1. The van der Waals surface area contributed by atoms with E-state index in [0.29, 0.717) is 12.0 Å². The molecule has 0 N–H and O–H groups in total. The van der Waals surface area contributed by atoms with Gasteiger partial charge in [0.05, 0.1) is 5.56 Å². The topological polar surface area (TPSA) is 38.0 Å². The van der Waals surface area contributed by atoms with Crippen LogP contribution in [0.5, 0.6) is 0 Å². The summed E-state index contributed by atoms with van der Waals surface area (Å²) in [7, 11) is 0. The number of carbonyl (C=O) groups is 2. The van der Waals surface area contributed by atoms with Gasteiger partial charge >= 0.3 is 0 Å². The van der Waals surface area contributed by atoms with Crippen molar-refractivity contribution in [1.29, 1.82) is 0 Å². The van der Waals surface area contributed by atoms with E-state index in [1.165, 1.54) is 16.7 Å². The molecule has 1 atom stereocenters. The lowest BCUT2D eigenvalue weighted by Crippen LogP contribution is -3.00. The van der Waals surface area contributed by atoms with Crippen LogP contribution in [-0.2, 0) is 19.4 Å². The Morgan fingerprint density at radius 2 is 1.84 bits per heavy atom. The van der Waals surface area contributed by atoms with Crippen LogP contribution in [0.15, 0.2) is 60.9 Å². The van der Waals surface area contributed by atoms with Crippen LogP contribution in [0, 0.1) is 19.8 Å². The van der Waals surface area contributed by atoms with Gasteiger partial charge in [0.1, 0.15) is 0 Å². The summed E-state index contributed by atoms with van der Waals surface area (Å²) in [5.74, 6) is 0.191. The van der Waals surface area contributed by atoms with Gasteiger partial charge in [-0.1, -0.05) is 47.5 Å². The maximum Gasteiger partial charge on any atom is 0.180 e. The van der Waals surface area contributed by atoms with Crippen molar-refractivity contribution in [3.05, 3.63) is 99.9 Å². The highest BCUT2D eigenvalue weighted by atomic mass is 79.9. The monoisotopic (exact) mass is 477 g/mol. The van der Waals surface area contributed by atoms with Gasteiger partial charge in [-0.3, -0.25) is 9.59 Å². The minimum atomic E-state index is -0.0640. The number of hydrogen-bond donors (Lipinski definition) is 0. The molecule has 2 aromatic carbocycles. The van der Waals surface area contributed by atoms with Crippen molar-refractivity contribution >= 4 is 11.6 Å². The molecule has 3 aromatic rings. The molecule has 4 heteroatoms. The van der Waals surface area contributed by atoms with Gasteiger partial charge in [0.25, 0.3) is 0 Å². The van der Waals surface area contributed by atoms with Crippen molar-refractivity contribution in [1.82, 2.24) is 0 Å². The minimum Gasteiger partial charge on any atom is -1.00 e. The van der Waals surface area contributed by atoms with E-state index in [1.807, 2.05) is 30.6 Å². The summed E-state index contributed by atoms with van der Waals surface area (Å²) in [6.07, 6.45) is 6.33. The Balaban J connectivity index is 0.00000272. The Morgan fingerprint density at radius 1 is 1.06 bits per heavy atom. The Labute approximate surface area is 194 Å². The first-order valence-electron chi connectivity index (χ1n) is 10.6. The zero-order valence-electron chi connectivity index (χ0n) is 18.3. The summed E-state index contributed by atoms with van der Waals surface area (Å²) >= 11 is 0. The highest BCUT2D eigenvalue weighted by Crippen LogP contribution is 2.29. The van der Waals surface area contributed by atoms with Gasteiger partial charge in [-0.2, -0.15) is 0 Å². The molecular weight excluding hydrogens is 450 g/mol. The highest BCUT2D eigenvalue weighted by molar-refractivity contribution is 6.01. The zero-order chi connectivity index (χ0) is 21.3. The average molecular weight is 478 g/mol. The number of pyridine rings is 1. The van der Waals surface area contributed by atoms with Gasteiger partial charge in [-0.15, -0.1) is 0 Å². The first kappa shape index (κ1) is 23.1. The zero-order valence-corrected chi connectivity index (χ0v) is 19.9. The number of aryl methyl sites for hydroxylation is 3. The number of aromatic nitrogens is 1. The molecule has 3 nitrogen and oxygen atoms in total. The normalized spacial score (nSPS) is 15.2. The van der Waals surface area contributed by atoms with Crippen molar-refractivity contribution in [3.8, 4) is 0 Å². The number of nitrogens with zero attached hydrogens (tertiary/aromatic N) is 1. The van der Waals surface area contributed by atoms with Crippen LogP contribution in [0.4, 0.5) is 0 Å². The second kappa shape index (κ2) is 9.69. The van der Waals surface area contributed by atoms with Crippen molar-refractivity contribution in [3.63, 3.8) is 0 Å². The van der Waals surface area contributed by atoms with E-state index in [-0.39, 0.29) is 34.5 Å². The number of rotatable bonds is 5. The van der Waals surface area contributed by atoms with Gasteiger partial charge in [0, 0.05) is 23.1 Å². The van der Waals surface area contributed by atoms with Crippen LogP contribution in [0.1, 0.15) is 61.9 Å². The van der Waals surface area contributed by atoms with E-state index in [1.54, 1.807) is 6.92 Å². The summed E-state index contributed by atoms with van der Waals surface area (Å²) in [5, 5.41) is 0. The molecule has 0 spiro atoms. The molecule has 1 aromatic heterocycles. The van der Waals surface area contributed by atoms with E-state index in [2.05, 4.69) is 48.7 Å². The number of halogens is 1. The fourth-order valence-electron chi connectivity index (χ4n) is 4.49. The average Bonchev–Trinajstić information content (AvgIpc) is 2.71. The molecule has 31 heavy (non-hydrogen) atoms. The summed E-state index contributed by atoms with van der Waals surface area (Å²) in [5.41, 5.74) is 7.32. The molecule has 0 amide bonds. The van der Waals surface area contributed by atoms with Crippen LogP contribution in [0.25, 0.3) is 0 Å². The first-order valence-corrected chi connectivity index (χ1v) is 10.6. The van der Waals surface area contributed by atoms with Gasteiger partial charge in [-0.05, 0) is 57.2 Å². The minimum absolute atomic E-state index is 0. The smallest absolute Gasteiger partial charge is 0.180 e. The number of ketones is 2. The highest BCUT2D eigenvalue weighted by Gasteiger charge is 2.29. The SMILES string of the molecule is CC(=O)c1c[n+](Cc2cccc(C)c2)ccc1CC1CCc2cc(C)ccc2C1=O.[Br-]. The van der Waals surface area contributed by atoms with Gasteiger partial charge in [0.2, 0.25) is 0 Å². The van der Waals surface area contributed by atoms with Crippen molar-refractivity contribution in [2.45, 2.75) is 46.6 Å². The Morgan fingerprint density at radius 3 is 2.58 bits per heavy atom. The first-order chi connectivity index (χ1) is 14.4. The second-order valence-electron chi connectivity index (χ2n) is 8.57. The van der Waals surface area contributed by atoms with Crippen LogP contribution in [-0.4, -0.2) is 11.6 Å². The van der Waals surface area contributed by atoms with Gasteiger partial charge in [-0.25, -0.2) is 4.57 Å². The van der Waals surface area contributed by atoms with Crippen LogP contribution in [0.2, 0.25) is 0 Å². The van der Waals surface area contributed by atoms with Crippen LogP contribution in [0.3, 0.4) is 0 Å². The van der Waals surface area contributed by atoms with E-state index in [9.17, 15) is 9.59 Å². The molecule has 1 unspecified atom stereocenters. The van der Waals surface area contributed by atoms with E-state index < -0.39 is 0 Å². The van der Waals surface area contributed by atoms with Crippen molar-refractivity contribution in [2.24, 2.45) is 5.92 Å². The summed E-state index contributed by atoms with van der Waals surface area (Å²) < 4.78 is 2.05. The predicted molar refractivity (Wildman–Crippen MR) is 118 cm³/mol. The van der Waals surface area contributed by atoms with Gasteiger partial charge in [0.15, 0.2) is 30.5 Å². The molecular formula is C27H28BrNO2. The molecule has 0 fully saturated rings. The molecule has 0 bridgehead atoms. The lowest BCUT2D eigenvalue weighted by Gasteiger charge is -2.24. The molecule has 1 heterocycles. The van der Waals surface area contributed by atoms with Crippen LogP contribution < -0.4 is 21.5 Å². The third-order valence-electron chi connectivity index (χ3n) is 6.06. The largest absolute Gasteiger partial charge is 1.00 e. The molecule has 0 saturated carbocycles. The fourth-order valence-corrected chi connectivity index (χ4v) is 4.49. The third kappa shape index (κ3) is 5.19. The van der Waals surface area contributed by atoms with Gasteiger partial charge < -0.3 is 17.0 Å². The number of benzene rings is 2. The fraction of sp³-hybridized carbons (Fsp3) is 0.296. The van der Waals surface area contributed by atoms with E-state index in [0.717, 1.165) is 36.1 Å².